The summed E-state index contributed by atoms with van der Waals surface area (Å²) < 4.78 is 5.35. The van der Waals surface area contributed by atoms with E-state index in [1.807, 2.05) is 24.3 Å². The molecular formula is C20H28N2O4. The van der Waals surface area contributed by atoms with Crippen LogP contribution in [0.1, 0.15) is 24.5 Å². The molecule has 1 aromatic carbocycles. The molecule has 26 heavy (non-hydrogen) atoms. The van der Waals surface area contributed by atoms with Gasteiger partial charge in [0.05, 0.1) is 18.7 Å². The van der Waals surface area contributed by atoms with E-state index >= 15 is 0 Å². The van der Waals surface area contributed by atoms with Gasteiger partial charge in [-0.25, -0.2) is 0 Å². The summed E-state index contributed by atoms with van der Waals surface area (Å²) in [6.07, 6.45) is 5.62. The topological polar surface area (TPSA) is 109 Å². The molecule has 3 aliphatic rings. The molecule has 6 nitrogen and oxygen atoms in total. The normalized spacial score (nSPS) is 27.9. The predicted molar refractivity (Wildman–Crippen MR) is 102 cm³/mol. The van der Waals surface area contributed by atoms with Gasteiger partial charge in [-0.1, -0.05) is 6.08 Å². The molecule has 0 spiro atoms. The zero-order valence-corrected chi connectivity index (χ0v) is 15.1. The first-order chi connectivity index (χ1) is 11.7. The van der Waals surface area contributed by atoms with Crippen LogP contribution in [0, 0.1) is 11.8 Å². The summed E-state index contributed by atoms with van der Waals surface area (Å²) in [6.45, 7) is 6.07. The quantitative estimate of drug-likeness (QED) is 0.834. The number of piperidine rings is 3. The number of aromatic nitrogens is 1. The van der Waals surface area contributed by atoms with E-state index in [0.717, 1.165) is 41.7 Å². The second-order valence-corrected chi connectivity index (χ2v) is 6.97. The smallest absolute Gasteiger partial charge is 0.119 e. The largest absolute Gasteiger partial charge is 0.497 e. The number of hydrogen-bond acceptors (Lipinski definition) is 4. The molecule has 5 rings (SSSR count). The van der Waals surface area contributed by atoms with Crippen molar-refractivity contribution in [1.82, 2.24) is 9.88 Å². The Hall–Kier alpha value is -1.99. The molecule has 0 aliphatic carbocycles. The number of ether oxygens (including phenoxy) is 1. The Labute approximate surface area is 153 Å². The second-order valence-electron chi connectivity index (χ2n) is 6.97. The molecule has 1 aromatic heterocycles. The summed E-state index contributed by atoms with van der Waals surface area (Å²) in [4.78, 5) is 6.86. The molecule has 142 valence electrons. The number of benzene rings is 1. The average Bonchev–Trinajstić information content (AvgIpc) is 2.66. The van der Waals surface area contributed by atoms with Crippen molar-refractivity contribution in [2.45, 2.75) is 25.0 Å². The van der Waals surface area contributed by atoms with E-state index in [0.29, 0.717) is 11.8 Å². The van der Waals surface area contributed by atoms with E-state index in [1.54, 1.807) is 13.3 Å². The van der Waals surface area contributed by atoms with Crippen molar-refractivity contribution in [2.24, 2.45) is 11.8 Å². The highest BCUT2D eigenvalue weighted by atomic mass is 16.5. The van der Waals surface area contributed by atoms with Crippen LogP contribution < -0.4 is 4.74 Å². The summed E-state index contributed by atoms with van der Waals surface area (Å²) >= 11 is 0. The van der Waals surface area contributed by atoms with E-state index in [9.17, 15) is 5.11 Å². The lowest BCUT2D eigenvalue weighted by atomic mass is 9.73. The van der Waals surface area contributed by atoms with Gasteiger partial charge in [-0.15, -0.1) is 6.58 Å². The van der Waals surface area contributed by atoms with Crippen LogP contribution in [0.3, 0.4) is 0 Å². The van der Waals surface area contributed by atoms with E-state index in [2.05, 4.69) is 22.5 Å². The minimum Gasteiger partial charge on any atom is -0.497 e. The minimum absolute atomic E-state index is 0. The first kappa shape index (κ1) is 20.3. The maximum Gasteiger partial charge on any atom is 0.119 e. The Bertz CT molecular complexity index is 767. The van der Waals surface area contributed by atoms with Crippen molar-refractivity contribution in [2.75, 3.05) is 20.2 Å². The standard InChI is InChI=1S/C20H24N2O2.2H2O/c1-3-13-12-22-9-7-14(13)10-19(22)20(23)16-6-8-21-18-5-4-15(24-2)11-17(16)18;;/h3-6,8,11,13-14,19-20,23H,1,7,9-10,12H2,2H3;2*1H2. The third-order valence-electron chi connectivity index (χ3n) is 5.82. The number of aliphatic hydroxyl groups excluding tert-OH is 1. The van der Waals surface area contributed by atoms with Crippen molar-refractivity contribution in [1.29, 1.82) is 0 Å². The fourth-order valence-electron chi connectivity index (χ4n) is 4.44. The average molecular weight is 360 g/mol. The summed E-state index contributed by atoms with van der Waals surface area (Å²) in [5.74, 6) is 2.01. The lowest BCUT2D eigenvalue weighted by Gasteiger charge is -2.50. The van der Waals surface area contributed by atoms with Crippen LogP contribution in [0.4, 0.5) is 0 Å². The zero-order chi connectivity index (χ0) is 16.7. The van der Waals surface area contributed by atoms with Gasteiger partial charge in [-0.3, -0.25) is 9.88 Å². The van der Waals surface area contributed by atoms with Crippen LogP contribution in [0.25, 0.3) is 10.9 Å². The number of rotatable bonds is 4. The Morgan fingerprint density at radius 3 is 2.81 bits per heavy atom. The molecule has 3 aliphatic heterocycles. The summed E-state index contributed by atoms with van der Waals surface area (Å²) in [6, 6.07) is 7.96. The SMILES string of the molecule is C=CC1CN2CCC1CC2C(O)c1ccnc2ccc(OC)cc12.O.O. The lowest BCUT2D eigenvalue weighted by molar-refractivity contribution is -0.0444. The van der Waals surface area contributed by atoms with Crippen molar-refractivity contribution >= 4 is 10.9 Å². The Morgan fingerprint density at radius 1 is 1.35 bits per heavy atom. The Morgan fingerprint density at radius 2 is 2.15 bits per heavy atom. The third kappa shape index (κ3) is 3.33. The van der Waals surface area contributed by atoms with Crippen LogP contribution in [0.2, 0.25) is 0 Å². The van der Waals surface area contributed by atoms with Gasteiger partial charge in [0.1, 0.15) is 5.75 Å². The molecule has 3 saturated heterocycles. The molecule has 5 atom stereocenters. The van der Waals surface area contributed by atoms with Gasteiger partial charge in [0.25, 0.3) is 0 Å². The summed E-state index contributed by atoms with van der Waals surface area (Å²) in [5.41, 5.74) is 1.85. The third-order valence-corrected chi connectivity index (χ3v) is 5.82. The van der Waals surface area contributed by atoms with Crippen LogP contribution in [0.5, 0.6) is 5.75 Å². The van der Waals surface area contributed by atoms with Gasteiger partial charge >= 0.3 is 0 Å². The van der Waals surface area contributed by atoms with Gasteiger partial charge in [0.2, 0.25) is 0 Å². The van der Waals surface area contributed by atoms with Crippen LogP contribution in [-0.4, -0.2) is 52.2 Å². The number of aliphatic hydroxyl groups is 1. The number of hydrogen-bond donors (Lipinski definition) is 1. The molecule has 6 heteroatoms. The van der Waals surface area contributed by atoms with Crippen molar-refractivity contribution in [3.63, 3.8) is 0 Å². The van der Waals surface area contributed by atoms with E-state index in [1.165, 1.54) is 6.42 Å². The van der Waals surface area contributed by atoms with Gasteiger partial charge in [-0.2, -0.15) is 0 Å². The van der Waals surface area contributed by atoms with Crippen molar-refractivity contribution in [3.05, 3.63) is 48.7 Å². The molecule has 0 radical (unpaired) electrons. The zero-order valence-electron chi connectivity index (χ0n) is 15.1. The van der Waals surface area contributed by atoms with Gasteiger partial charge in [0.15, 0.2) is 0 Å². The number of methoxy groups -OCH3 is 1. The van der Waals surface area contributed by atoms with Gasteiger partial charge in [-0.05, 0) is 61.1 Å². The molecule has 0 saturated carbocycles. The van der Waals surface area contributed by atoms with Gasteiger partial charge < -0.3 is 20.8 Å². The van der Waals surface area contributed by atoms with Gasteiger partial charge in [0, 0.05) is 24.2 Å². The maximum atomic E-state index is 11.2. The molecule has 2 aromatic rings. The van der Waals surface area contributed by atoms with Crippen molar-refractivity contribution < 1.29 is 20.8 Å². The van der Waals surface area contributed by atoms with Crippen molar-refractivity contribution in [3.8, 4) is 5.75 Å². The fraction of sp³-hybridized carbons (Fsp3) is 0.450. The van der Waals surface area contributed by atoms with Crippen LogP contribution in [-0.2, 0) is 0 Å². The molecule has 2 bridgehead atoms. The molecule has 4 heterocycles. The highest BCUT2D eigenvalue weighted by molar-refractivity contribution is 5.83. The molecule has 5 N–H and O–H groups in total. The van der Waals surface area contributed by atoms with Crippen LogP contribution >= 0.6 is 0 Å². The fourth-order valence-corrected chi connectivity index (χ4v) is 4.44. The van der Waals surface area contributed by atoms with E-state index in [4.69, 9.17) is 4.74 Å². The highest BCUT2D eigenvalue weighted by Crippen LogP contribution is 2.42. The number of fused-ring (bicyclic) bond motifs is 4. The lowest BCUT2D eigenvalue weighted by Crippen LogP contribution is -2.54. The molecule has 0 amide bonds. The first-order valence-electron chi connectivity index (χ1n) is 8.68. The van der Waals surface area contributed by atoms with E-state index < -0.39 is 6.10 Å². The Kier molecular flexibility index (Phi) is 6.36. The number of pyridine rings is 1. The maximum absolute atomic E-state index is 11.2. The molecule has 5 unspecified atom stereocenters. The van der Waals surface area contributed by atoms with E-state index in [-0.39, 0.29) is 17.0 Å². The number of nitrogens with zero attached hydrogens (tertiary/aromatic N) is 2. The highest BCUT2D eigenvalue weighted by Gasteiger charge is 2.42. The predicted octanol–water partition coefficient (Wildman–Crippen LogP) is 1.52. The second kappa shape index (κ2) is 8.14. The summed E-state index contributed by atoms with van der Waals surface area (Å²) in [7, 11) is 1.66. The molecular weight excluding hydrogens is 332 g/mol. The molecule has 3 fully saturated rings. The minimum atomic E-state index is -0.504. The first-order valence-corrected chi connectivity index (χ1v) is 8.68. The summed E-state index contributed by atoms with van der Waals surface area (Å²) in [5, 5.41) is 12.1. The monoisotopic (exact) mass is 360 g/mol. The van der Waals surface area contributed by atoms with Crippen LogP contribution in [0.15, 0.2) is 43.1 Å². The Balaban J connectivity index is 0.00000121.